The third-order valence-corrected chi connectivity index (χ3v) is 6.65. The minimum atomic E-state index is -0.217. The van der Waals surface area contributed by atoms with Crippen molar-refractivity contribution in [2.45, 2.75) is 0 Å². The number of anilines is 3. The number of amides is 1. The predicted molar refractivity (Wildman–Crippen MR) is 140 cm³/mol. The van der Waals surface area contributed by atoms with Crippen molar-refractivity contribution >= 4 is 33.9 Å². The fraction of sp³-hybridized carbons (Fsp3) is 0.214. The molecule has 1 N–H and O–H groups in total. The van der Waals surface area contributed by atoms with Crippen molar-refractivity contribution in [2.75, 3.05) is 55.2 Å². The molecule has 0 radical (unpaired) electrons. The van der Waals surface area contributed by atoms with Crippen molar-refractivity contribution < 1.29 is 19.0 Å². The Morgan fingerprint density at radius 1 is 0.889 bits per heavy atom. The number of ether oxygens (including phenoxy) is 3. The van der Waals surface area contributed by atoms with Crippen molar-refractivity contribution in [3.8, 4) is 17.2 Å². The second kappa shape index (κ2) is 9.30. The molecule has 3 aromatic carbocycles. The summed E-state index contributed by atoms with van der Waals surface area (Å²) >= 11 is 0. The lowest BCUT2D eigenvalue weighted by Gasteiger charge is -2.37. The molecule has 0 aliphatic carbocycles. The number of fused-ring (bicyclic) bond motifs is 2. The average Bonchev–Trinajstić information content (AvgIpc) is 3.40. The summed E-state index contributed by atoms with van der Waals surface area (Å²) in [6.07, 6.45) is 1.67. The minimum Gasteiger partial charge on any atom is -0.495 e. The lowest BCUT2D eigenvalue weighted by Crippen LogP contribution is -2.47. The molecule has 1 aromatic heterocycles. The molecule has 1 fully saturated rings. The van der Waals surface area contributed by atoms with Crippen LogP contribution in [0.4, 0.5) is 17.2 Å². The molecule has 2 aliphatic heterocycles. The summed E-state index contributed by atoms with van der Waals surface area (Å²) in [5.41, 5.74) is 2.28. The average molecular weight is 483 g/mol. The first-order valence-corrected chi connectivity index (χ1v) is 11.9. The Morgan fingerprint density at radius 2 is 1.61 bits per heavy atom. The lowest BCUT2D eigenvalue weighted by molar-refractivity contribution is 0.102. The number of methoxy groups -OCH3 is 1. The van der Waals surface area contributed by atoms with Crippen molar-refractivity contribution in [1.82, 2.24) is 4.98 Å². The fourth-order valence-electron chi connectivity index (χ4n) is 4.83. The van der Waals surface area contributed by atoms with E-state index in [1.165, 1.54) is 0 Å². The molecular weight excluding hydrogens is 456 g/mol. The molecule has 36 heavy (non-hydrogen) atoms. The van der Waals surface area contributed by atoms with E-state index in [1.807, 2.05) is 42.5 Å². The van der Waals surface area contributed by atoms with Gasteiger partial charge >= 0.3 is 0 Å². The number of nitrogens with one attached hydrogen (secondary N) is 1. The maximum absolute atomic E-state index is 13.2. The van der Waals surface area contributed by atoms with Gasteiger partial charge in [-0.15, -0.1) is 0 Å². The van der Waals surface area contributed by atoms with Crippen LogP contribution in [0.5, 0.6) is 17.2 Å². The maximum Gasteiger partial charge on any atom is 0.257 e. The van der Waals surface area contributed by atoms with Crippen LogP contribution in [0, 0.1) is 0 Å². The van der Waals surface area contributed by atoms with Gasteiger partial charge in [-0.3, -0.25) is 4.79 Å². The number of carbonyl (C=O) groups is 1. The zero-order valence-corrected chi connectivity index (χ0v) is 19.9. The first kappa shape index (κ1) is 22.0. The first-order valence-electron chi connectivity index (χ1n) is 11.9. The van der Waals surface area contributed by atoms with Gasteiger partial charge in [0.25, 0.3) is 5.91 Å². The van der Waals surface area contributed by atoms with E-state index in [1.54, 1.807) is 31.5 Å². The molecule has 6 rings (SSSR count). The number of aromatic nitrogens is 1. The van der Waals surface area contributed by atoms with Gasteiger partial charge in [-0.25, -0.2) is 4.98 Å². The van der Waals surface area contributed by atoms with Gasteiger partial charge in [0, 0.05) is 49.5 Å². The number of benzene rings is 3. The van der Waals surface area contributed by atoms with Crippen molar-refractivity contribution in [3.05, 3.63) is 78.5 Å². The quantitative estimate of drug-likeness (QED) is 0.447. The molecule has 3 heterocycles. The second-order valence-electron chi connectivity index (χ2n) is 8.71. The Bertz CT molecular complexity index is 1430. The highest BCUT2D eigenvalue weighted by molar-refractivity contribution is 6.14. The molecule has 4 aromatic rings. The van der Waals surface area contributed by atoms with Gasteiger partial charge in [0.1, 0.15) is 11.6 Å². The molecule has 0 bridgehead atoms. The Morgan fingerprint density at radius 3 is 2.44 bits per heavy atom. The number of nitrogens with zero attached hydrogens (tertiary/aromatic N) is 3. The van der Waals surface area contributed by atoms with E-state index in [0.29, 0.717) is 22.7 Å². The standard InChI is InChI=1S/C28H26N4O4/c1-34-24-9-5-4-8-23(24)31-12-14-32(15-13-31)27-21-7-3-2-6-20(21)22(17-29-27)28(33)30-19-10-11-25-26(16-19)36-18-35-25/h2-11,16-17H,12-15,18H2,1H3,(H,30,33). The molecule has 8 nitrogen and oxygen atoms in total. The molecule has 0 atom stereocenters. The van der Waals surface area contributed by atoms with Crippen LogP contribution in [0.15, 0.2) is 72.9 Å². The SMILES string of the molecule is COc1ccccc1N1CCN(c2ncc(C(=O)Nc3ccc4c(c3)OCO4)c3ccccc23)CC1. The first-order chi connectivity index (χ1) is 17.7. The number of hydrogen-bond acceptors (Lipinski definition) is 7. The summed E-state index contributed by atoms with van der Waals surface area (Å²) in [5.74, 6) is 2.86. The van der Waals surface area contributed by atoms with Crippen LogP contribution in [0.2, 0.25) is 0 Å². The molecular formula is C28H26N4O4. The lowest BCUT2D eigenvalue weighted by atomic mass is 10.1. The van der Waals surface area contributed by atoms with Crippen molar-refractivity contribution in [2.24, 2.45) is 0 Å². The fourth-order valence-corrected chi connectivity index (χ4v) is 4.83. The molecule has 182 valence electrons. The smallest absolute Gasteiger partial charge is 0.257 e. The van der Waals surface area contributed by atoms with Crippen LogP contribution in [0.1, 0.15) is 10.4 Å². The molecule has 2 aliphatic rings. The summed E-state index contributed by atoms with van der Waals surface area (Å²) < 4.78 is 16.3. The van der Waals surface area contributed by atoms with Gasteiger partial charge in [0.05, 0.1) is 18.4 Å². The topological polar surface area (TPSA) is 76.2 Å². The van der Waals surface area contributed by atoms with Crippen LogP contribution >= 0.6 is 0 Å². The van der Waals surface area contributed by atoms with Gasteiger partial charge in [0.15, 0.2) is 11.5 Å². The minimum absolute atomic E-state index is 0.190. The second-order valence-corrected chi connectivity index (χ2v) is 8.71. The molecule has 1 saturated heterocycles. The molecule has 0 unspecified atom stereocenters. The molecule has 1 amide bonds. The number of para-hydroxylation sites is 2. The van der Waals surface area contributed by atoms with Gasteiger partial charge in [-0.2, -0.15) is 0 Å². The number of piperazine rings is 1. The van der Waals surface area contributed by atoms with E-state index in [4.69, 9.17) is 19.2 Å². The van der Waals surface area contributed by atoms with Gasteiger partial charge in [0.2, 0.25) is 6.79 Å². The summed E-state index contributed by atoms with van der Waals surface area (Å²) in [6.45, 7) is 3.52. The molecule has 0 spiro atoms. The number of carbonyl (C=O) groups excluding carboxylic acids is 1. The van der Waals surface area contributed by atoms with Gasteiger partial charge in [-0.1, -0.05) is 36.4 Å². The zero-order valence-electron chi connectivity index (χ0n) is 19.9. The van der Waals surface area contributed by atoms with Crippen LogP contribution in [-0.4, -0.2) is 51.0 Å². The van der Waals surface area contributed by atoms with E-state index in [0.717, 1.165) is 54.2 Å². The Balaban J connectivity index is 1.23. The van der Waals surface area contributed by atoms with Crippen molar-refractivity contribution in [1.29, 1.82) is 0 Å². The summed E-state index contributed by atoms with van der Waals surface area (Å²) in [6, 6.07) is 21.4. The highest BCUT2D eigenvalue weighted by Crippen LogP contribution is 2.35. The Kier molecular flexibility index (Phi) is 5.69. The predicted octanol–water partition coefficient (Wildman–Crippen LogP) is 4.55. The van der Waals surface area contributed by atoms with Crippen LogP contribution in [0.25, 0.3) is 10.8 Å². The van der Waals surface area contributed by atoms with Crippen LogP contribution in [0.3, 0.4) is 0 Å². The Labute approximate surface area is 209 Å². The van der Waals surface area contributed by atoms with Gasteiger partial charge in [-0.05, 0) is 29.7 Å². The van der Waals surface area contributed by atoms with Gasteiger partial charge < -0.3 is 29.3 Å². The van der Waals surface area contributed by atoms with E-state index in [9.17, 15) is 4.79 Å². The van der Waals surface area contributed by atoms with Crippen LogP contribution in [-0.2, 0) is 0 Å². The summed E-state index contributed by atoms with van der Waals surface area (Å²) in [4.78, 5) is 22.6. The number of hydrogen-bond donors (Lipinski definition) is 1. The zero-order chi connectivity index (χ0) is 24.5. The Hall–Kier alpha value is -4.46. The van der Waals surface area contributed by atoms with Crippen molar-refractivity contribution in [3.63, 3.8) is 0 Å². The third kappa shape index (κ3) is 4.00. The third-order valence-electron chi connectivity index (χ3n) is 6.65. The highest BCUT2D eigenvalue weighted by Gasteiger charge is 2.23. The van der Waals surface area contributed by atoms with E-state index >= 15 is 0 Å². The normalized spacial score (nSPS) is 14.7. The maximum atomic E-state index is 13.2. The molecule has 8 heteroatoms. The van der Waals surface area contributed by atoms with Crippen LogP contribution < -0.4 is 29.3 Å². The largest absolute Gasteiger partial charge is 0.495 e. The summed E-state index contributed by atoms with van der Waals surface area (Å²) in [7, 11) is 1.70. The summed E-state index contributed by atoms with van der Waals surface area (Å²) in [5, 5.41) is 4.80. The number of pyridine rings is 1. The monoisotopic (exact) mass is 482 g/mol. The highest BCUT2D eigenvalue weighted by atomic mass is 16.7. The molecule has 0 saturated carbocycles. The van der Waals surface area contributed by atoms with E-state index in [-0.39, 0.29) is 12.7 Å². The number of rotatable bonds is 5. The van der Waals surface area contributed by atoms with E-state index in [2.05, 4.69) is 21.2 Å². The van der Waals surface area contributed by atoms with E-state index < -0.39 is 0 Å².